The normalized spacial score (nSPS) is 19.4. The summed E-state index contributed by atoms with van der Waals surface area (Å²) in [6.45, 7) is 0.872. The van der Waals surface area contributed by atoms with Gasteiger partial charge >= 0.3 is 0 Å². The maximum absolute atomic E-state index is 13.9. The van der Waals surface area contributed by atoms with Gasteiger partial charge in [0.1, 0.15) is 5.82 Å². The van der Waals surface area contributed by atoms with E-state index in [0.29, 0.717) is 19.5 Å². The fraction of sp³-hybridized carbons (Fsp3) is 0.417. The zero-order valence-corrected chi connectivity index (χ0v) is 12.2. The molecular weight excluding hydrogens is 309 g/mol. The summed E-state index contributed by atoms with van der Waals surface area (Å²) < 4.78 is 41.2. The molecule has 0 aromatic heterocycles. The monoisotopic (exact) mass is 321 g/mol. The Morgan fingerprint density at radius 1 is 1.50 bits per heavy atom. The molecule has 1 atom stereocenters. The van der Waals surface area contributed by atoms with Crippen molar-refractivity contribution in [2.75, 3.05) is 20.2 Å². The lowest BCUT2D eigenvalue weighted by Crippen LogP contribution is -2.30. The van der Waals surface area contributed by atoms with Crippen LogP contribution in [0.3, 0.4) is 0 Å². The summed E-state index contributed by atoms with van der Waals surface area (Å²) in [6.07, 6.45) is 0.641. The topological polar surface area (TPSA) is 63.7 Å². The molecule has 110 valence electrons. The van der Waals surface area contributed by atoms with Gasteiger partial charge in [0.2, 0.25) is 0 Å². The minimum atomic E-state index is -4.01. The Labute approximate surface area is 120 Å². The van der Waals surface area contributed by atoms with Gasteiger partial charge in [0.15, 0.2) is 0 Å². The van der Waals surface area contributed by atoms with Crippen LogP contribution in [0.5, 0.6) is 0 Å². The second kappa shape index (κ2) is 5.67. The lowest BCUT2D eigenvalue weighted by molar-refractivity contribution is 0.0720. The predicted molar refractivity (Wildman–Crippen MR) is 70.8 cm³/mol. The quantitative estimate of drug-likeness (QED) is 0.794. The molecule has 1 aliphatic heterocycles. The van der Waals surface area contributed by atoms with Gasteiger partial charge in [0, 0.05) is 30.9 Å². The van der Waals surface area contributed by atoms with Crippen LogP contribution in [0.4, 0.5) is 4.39 Å². The van der Waals surface area contributed by atoms with E-state index in [-0.39, 0.29) is 16.6 Å². The Hall–Kier alpha value is -1.18. The third-order valence-electron chi connectivity index (χ3n) is 3.22. The number of halogens is 2. The van der Waals surface area contributed by atoms with Crippen LogP contribution in [0.25, 0.3) is 0 Å². The minimum Gasteiger partial charge on any atom is -0.380 e. The molecule has 0 N–H and O–H groups in total. The number of likely N-dealkylation sites (tertiary alicyclic amines) is 1. The number of hydrogen-bond acceptors (Lipinski definition) is 4. The number of hydrogen-bond donors (Lipinski definition) is 0. The fourth-order valence-corrected chi connectivity index (χ4v) is 2.86. The first kappa shape index (κ1) is 15.2. The Morgan fingerprint density at radius 3 is 2.70 bits per heavy atom. The molecular formula is C12H13ClFNO4S. The predicted octanol–water partition coefficient (Wildman–Crippen LogP) is 1.61. The number of carbonyl (C=O) groups is 1. The third kappa shape index (κ3) is 3.11. The number of rotatable bonds is 3. The smallest absolute Gasteiger partial charge is 0.261 e. The van der Waals surface area contributed by atoms with Crippen LogP contribution in [0.1, 0.15) is 16.8 Å². The molecule has 0 aliphatic carbocycles. The molecule has 2 rings (SSSR count). The average molecular weight is 322 g/mol. The summed E-state index contributed by atoms with van der Waals surface area (Å²) in [5.74, 6) is -1.39. The molecule has 1 aromatic rings. The highest BCUT2D eigenvalue weighted by atomic mass is 35.7. The molecule has 1 unspecified atom stereocenters. The van der Waals surface area contributed by atoms with Crippen LogP contribution in [0.2, 0.25) is 0 Å². The van der Waals surface area contributed by atoms with Gasteiger partial charge in [0.25, 0.3) is 15.0 Å². The van der Waals surface area contributed by atoms with Crippen LogP contribution < -0.4 is 0 Å². The molecule has 1 saturated heterocycles. The molecule has 20 heavy (non-hydrogen) atoms. The van der Waals surface area contributed by atoms with Crippen molar-refractivity contribution in [1.29, 1.82) is 0 Å². The maximum Gasteiger partial charge on any atom is 0.261 e. The van der Waals surface area contributed by atoms with Crippen molar-refractivity contribution in [3.63, 3.8) is 0 Å². The van der Waals surface area contributed by atoms with Crippen molar-refractivity contribution in [2.24, 2.45) is 0 Å². The van der Waals surface area contributed by atoms with E-state index in [1.165, 1.54) is 4.90 Å². The van der Waals surface area contributed by atoms with Crippen molar-refractivity contribution in [3.05, 3.63) is 29.6 Å². The van der Waals surface area contributed by atoms with Gasteiger partial charge in [-0.05, 0) is 24.6 Å². The Balaban J connectivity index is 2.24. The third-order valence-corrected chi connectivity index (χ3v) is 4.57. The fourth-order valence-electron chi connectivity index (χ4n) is 2.10. The van der Waals surface area contributed by atoms with Crippen LogP contribution in [-0.2, 0) is 13.8 Å². The zero-order valence-electron chi connectivity index (χ0n) is 10.7. The van der Waals surface area contributed by atoms with Gasteiger partial charge in [-0.15, -0.1) is 0 Å². The van der Waals surface area contributed by atoms with Gasteiger partial charge in [-0.3, -0.25) is 4.79 Å². The van der Waals surface area contributed by atoms with Gasteiger partial charge in [0.05, 0.1) is 16.6 Å². The molecule has 1 heterocycles. The highest BCUT2D eigenvalue weighted by molar-refractivity contribution is 8.13. The Bertz CT molecular complexity index is 634. The van der Waals surface area contributed by atoms with E-state index in [9.17, 15) is 17.6 Å². The number of methoxy groups -OCH3 is 1. The number of benzene rings is 1. The molecule has 0 radical (unpaired) electrons. The zero-order chi connectivity index (χ0) is 14.9. The Kier molecular flexibility index (Phi) is 4.31. The van der Waals surface area contributed by atoms with E-state index in [1.807, 2.05) is 0 Å². The largest absolute Gasteiger partial charge is 0.380 e. The molecule has 0 saturated carbocycles. The summed E-state index contributed by atoms with van der Waals surface area (Å²) in [5, 5.41) is 0. The van der Waals surface area contributed by atoms with Gasteiger partial charge in [-0.2, -0.15) is 0 Å². The standard InChI is InChI=1S/C12H13ClFNO4S/c1-19-8-4-5-15(7-8)12(16)10-3-2-9(6-11(10)14)20(13,17)18/h2-3,6,8H,4-5,7H2,1H3. The number of carbonyl (C=O) groups excluding carboxylic acids is 1. The average Bonchev–Trinajstić information content (AvgIpc) is 2.85. The number of ether oxygens (including phenoxy) is 1. The first-order valence-electron chi connectivity index (χ1n) is 5.89. The lowest BCUT2D eigenvalue weighted by Gasteiger charge is -2.16. The molecule has 0 bridgehead atoms. The van der Waals surface area contributed by atoms with E-state index in [4.69, 9.17) is 15.4 Å². The van der Waals surface area contributed by atoms with E-state index in [1.54, 1.807) is 7.11 Å². The molecule has 0 spiro atoms. The van der Waals surface area contributed by atoms with Crippen LogP contribution in [0.15, 0.2) is 23.1 Å². The van der Waals surface area contributed by atoms with Crippen molar-refractivity contribution in [2.45, 2.75) is 17.4 Å². The summed E-state index contributed by atoms with van der Waals surface area (Å²) in [6, 6.07) is 3.00. The number of nitrogens with zero attached hydrogens (tertiary/aromatic N) is 1. The van der Waals surface area contributed by atoms with Crippen molar-refractivity contribution >= 4 is 25.6 Å². The van der Waals surface area contributed by atoms with E-state index in [0.717, 1.165) is 18.2 Å². The van der Waals surface area contributed by atoms with Gasteiger partial charge in [-0.1, -0.05) is 0 Å². The SMILES string of the molecule is COC1CCN(C(=O)c2ccc(S(=O)(=O)Cl)cc2F)C1. The van der Waals surface area contributed by atoms with Crippen molar-refractivity contribution in [1.82, 2.24) is 4.90 Å². The number of amides is 1. The first-order valence-corrected chi connectivity index (χ1v) is 8.20. The minimum absolute atomic E-state index is 0.0514. The Morgan fingerprint density at radius 2 is 2.20 bits per heavy atom. The van der Waals surface area contributed by atoms with Gasteiger partial charge < -0.3 is 9.64 Å². The summed E-state index contributed by atoms with van der Waals surface area (Å²) >= 11 is 0. The summed E-state index contributed by atoms with van der Waals surface area (Å²) in [4.78, 5) is 13.2. The van der Waals surface area contributed by atoms with Gasteiger partial charge in [-0.25, -0.2) is 12.8 Å². The summed E-state index contributed by atoms with van der Waals surface area (Å²) in [7, 11) is 2.66. The highest BCUT2D eigenvalue weighted by Crippen LogP contribution is 2.21. The van der Waals surface area contributed by atoms with Crippen LogP contribution >= 0.6 is 10.7 Å². The first-order chi connectivity index (χ1) is 9.32. The molecule has 1 aliphatic rings. The molecule has 8 heteroatoms. The molecule has 1 aromatic carbocycles. The lowest BCUT2D eigenvalue weighted by atomic mass is 10.2. The molecule has 1 fully saturated rings. The second-order valence-electron chi connectivity index (χ2n) is 4.48. The van der Waals surface area contributed by atoms with E-state index >= 15 is 0 Å². The second-order valence-corrected chi connectivity index (χ2v) is 7.04. The highest BCUT2D eigenvalue weighted by Gasteiger charge is 2.28. The maximum atomic E-state index is 13.9. The van der Waals surface area contributed by atoms with Crippen molar-refractivity contribution < 1.29 is 22.3 Å². The van der Waals surface area contributed by atoms with E-state index in [2.05, 4.69) is 0 Å². The molecule has 5 nitrogen and oxygen atoms in total. The van der Waals surface area contributed by atoms with Crippen LogP contribution in [0, 0.1) is 5.82 Å². The van der Waals surface area contributed by atoms with Crippen LogP contribution in [-0.4, -0.2) is 45.5 Å². The van der Waals surface area contributed by atoms with E-state index < -0.39 is 20.8 Å². The molecule has 1 amide bonds. The summed E-state index contributed by atoms with van der Waals surface area (Å²) in [5.41, 5.74) is -0.175. The van der Waals surface area contributed by atoms with Crippen molar-refractivity contribution in [3.8, 4) is 0 Å².